The van der Waals surface area contributed by atoms with Crippen molar-refractivity contribution in [2.75, 3.05) is 0 Å². The SMILES string of the molecule is CC(=O)c1cccc(/C=C/[Si](C)(C)Cc2ccccc2)c1. The van der Waals surface area contributed by atoms with Crippen molar-refractivity contribution in [3.8, 4) is 0 Å². The molecule has 0 aliphatic carbocycles. The number of carbonyl (C=O) groups is 1. The van der Waals surface area contributed by atoms with Crippen molar-refractivity contribution >= 4 is 19.9 Å². The fraction of sp³-hybridized carbons (Fsp3) is 0.211. The zero-order chi connectivity index (χ0) is 15.3. The highest BCUT2D eigenvalue weighted by Gasteiger charge is 2.17. The van der Waals surface area contributed by atoms with Gasteiger partial charge in [0.2, 0.25) is 0 Å². The van der Waals surface area contributed by atoms with Gasteiger partial charge in [0, 0.05) is 5.56 Å². The Kier molecular flexibility index (Phi) is 4.92. The average molecular weight is 294 g/mol. The highest BCUT2D eigenvalue weighted by atomic mass is 28.3. The van der Waals surface area contributed by atoms with Crippen LogP contribution in [0.5, 0.6) is 0 Å². The summed E-state index contributed by atoms with van der Waals surface area (Å²) in [7, 11) is -1.44. The molecule has 0 amide bonds. The number of Topliss-reactive ketones (excluding diaryl/α,β-unsaturated/α-hetero) is 1. The standard InChI is InChI=1S/C19H22OSi/c1-16(20)19-11-7-10-17(14-19)12-13-21(2,3)15-18-8-5-4-6-9-18/h4-14H,15H2,1-3H3/b13-12+. The molecule has 1 nitrogen and oxygen atoms in total. The van der Waals surface area contributed by atoms with Gasteiger partial charge in [-0.15, -0.1) is 0 Å². The molecule has 2 aromatic carbocycles. The molecule has 2 heteroatoms. The van der Waals surface area contributed by atoms with E-state index in [4.69, 9.17) is 0 Å². The first-order valence-electron chi connectivity index (χ1n) is 7.30. The summed E-state index contributed by atoms with van der Waals surface area (Å²) in [5, 5.41) is 0. The summed E-state index contributed by atoms with van der Waals surface area (Å²) in [5.41, 5.74) is 5.64. The van der Waals surface area contributed by atoms with Crippen LogP contribution in [-0.2, 0) is 6.04 Å². The van der Waals surface area contributed by atoms with E-state index in [-0.39, 0.29) is 5.78 Å². The lowest BCUT2D eigenvalue weighted by molar-refractivity contribution is 0.101. The fourth-order valence-electron chi connectivity index (χ4n) is 2.36. The third-order valence-corrected chi connectivity index (χ3v) is 5.91. The van der Waals surface area contributed by atoms with Crippen LogP contribution in [0.4, 0.5) is 0 Å². The van der Waals surface area contributed by atoms with E-state index in [0.29, 0.717) is 0 Å². The van der Waals surface area contributed by atoms with E-state index in [1.165, 1.54) is 5.56 Å². The zero-order valence-corrected chi connectivity index (χ0v) is 14.0. The molecule has 2 aromatic rings. The Morgan fingerprint density at radius 2 is 1.76 bits per heavy atom. The Hall–Kier alpha value is -1.93. The number of carbonyl (C=O) groups excluding carboxylic acids is 1. The second kappa shape index (κ2) is 6.68. The van der Waals surface area contributed by atoms with Gasteiger partial charge >= 0.3 is 0 Å². The van der Waals surface area contributed by atoms with Gasteiger partial charge in [0.15, 0.2) is 5.78 Å². The molecule has 2 rings (SSSR count). The number of hydrogen-bond acceptors (Lipinski definition) is 1. The van der Waals surface area contributed by atoms with Crippen LogP contribution in [0.15, 0.2) is 60.3 Å². The van der Waals surface area contributed by atoms with Crippen LogP contribution >= 0.6 is 0 Å². The summed E-state index contributed by atoms with van der Waals surface area (Å²) in [5.74, 6) is 0.117. The van der Waals surface area contributed by atoms with Crippen LogP contribution in [0.3, 0.4) is 0 Å². The maximum atomic E-state index is 11.4. The minimum Gasteiger partial charge on any atom is -0.295 e. The fourth-order valence-corrected chi connectivity index (χ4v) is 4.41. The Bertz CT molecular complexity index is 642. The van der Waals surface area contributed by atoms with Crippen LogP contribution in [0.25, 0.3) is 6.08 Å². The largest absolute Gasteiger partial charge is 0.295 e. The summed E-state index contributed by atoms with van der Waals surface area (Å²) in [6.07, 6.45) is 2.17. The highest BCUT2D eigenvalue weighted by Crippen LogP contribution is 2.16. The Morgan fingerprint density at radius 3 is 2.43 bits per heavy atom. The first kappa shape index (κ1) is 15.5. The quantitative estimate of drug-likeness (QED) is 0.564. The van der Waals surface area contributed by atoms with Crippen molar-refractivity contribution < 1.29 is 4.79 Å². The number of benzene rings is 2. The summed E-state index contributed by atoms with van der Waals surface area (Å²) < 4.78 is 0. The lowest BCUT2D eigenvalue weighted by atomic mass is 10.1. The maximum Gasteiger partial charge on any atom is 0.159 e. The van der Waals surface area contributed by atoms with Gasteiger partial charge in [-0.25, -0.2) is 0 Å². The molecule has 0 atom stereocenters. The van der Waals surface area contributed by atoms with Gasteiger partial charge in [0.1, 0.15) is 0 Å². The van der Waals surface area contributed by atoms with E-state index in [9.17, 15) is 4.79 Å². The predicted molar refractivity (Wildman–Crippen MR) is 93.1 cm³/mol. The van der Waals surface area contributed by atoms with Crippen molar-refractivity contribution in [2.24, 2.45) is 0 Å². The molecule has 0 saturated carbocycles. The Balaban J connectivity index is 2.12. The van der Waals surface area contributed by atoms with Crippen LogP contribution in [0.2, 0.25) is 13.1 Å². The van der Waals surface area contributed by atoms with E-state index in [1.54, 1.807) is 6.92 Å². The van der Waals surface area contributed by atoms with Crippen LogP contribution in [-0.4, -0.2) is 13.9 Å². The van der Waals surface area contributed by atoms with Gasteiger partial charge in [0.25, 0.3) is 0 Å². The average Bonchev–Trinajstić information content (AvgIpc) is 2.46. The van der Waals surface area contributed by atoms with Crippen molar-refractivity contribution in [3.63, 3.8) is 0 Å². The van der Waals surface area contributed by atoms with Gasteiger partial charge in [0.05, 0.1) is 8.07 Å². The number of hydrogen-bond donors (Lipinski definition) is 0. The van der Waals surface area contributed by atoms with Crippen LogP contribution < -0.4 is 0 Å². The summed E-state index contributed by atoms with van der Waals surface area (Å²) in [6, 6.07) is 19.6. The molecule has 0 saturated heterocycles. The maximum absolute atomic E-state index is 11.4. The minimum atomic E-state index is -1.44. The van der Waals surface area contributed by atoms with Gasteiger partial charge < -0.3 is 0 Å². The van der Waals surface area contributed by atoms with Gasteiger partial charge in [-0.2, -0.15) is 0 Å². The molecule has 0 bridgehead atoms. The topological polar surface area (TPSA) is 17.1 Å². The molecule has 0 aliphatic rings. The summed E-state index contributed by atoms with van der Waals surface area (Å²) in [4.78, 5) is 11.4. The lowest BCUT2D eigenvalue weighted by Gasteiger charge is -2.17. The van der Waals surface area contributed by atoms with Crippen molar-refractivity contribution in [3.05, 3.63) is 77.0 Å². The van der Waals surface area contributed by atoms with Crippen LogP contribution in [0, 0.1) is 0 Å². The first-order valence-corrected chi connectivity index (χ1v) is 10.6. The second-order valence-electron chi connectivity index (χ2n) is 6.17. The highest BCUT2D eigenvalue weighted by molar-refractivity contribution is 6.82. The Morgan fingerprint density at radius 1 is 1.05 bits per heavy atom. The summed E-state index contributed by atoms with van der Waals surface area (Å²) in [6.45, 7) is 6.34. The van der Waals surface area contributed by atoms with Crippen molar-refractivity contribution in [1.29, 1.82) is 0 Å². The van der Waals surface area contributed by atoms with E-state index in [0.717, 1.165) is 17.2 Å². The lowest BCUT2D eigenvalue weighted by Crippen LogP contribution is -2.26. The van der Waals surface area contributed by atoms with E-state index in [2.05, 4.69) is 61.3 Å². The number of rotatable bonds is 5. The smallest absolute Gasteiger partial charge is 0.159 e. The molecule has 21 heavy (non-hydrogen) atoms. The molecule has 108 valence electrons. The third kappa shape index (κ3) is 4.83. The molecule has 0 spiro atoms. The predicted octanol–water partition coefficient (Wildman–Crippen LogP) is 4.93. The van der Waals surface area contributed by atoms with Crippen molar-refractivity contribution in [1.82, 2.24) is 0 Å². The molecular weight excluding hydrogens is 272 g/mol. The van der Waals surface area contributed by atoms with Gasteiger partial charge in [-0.1, -0.05) is 79.0 Å². The van der Waals surface area contributed by atoms with Crippen LogP contribution in [0.1, 0.15) is 28.4 Å². The first-order chi connectivity index (χ1) is 9.96. The molecule has 0 aliphatic heterocycles. The molecule has 0 unspecified atom stereocenters. The minimum absolute atomic E-state index is 0.117. The molecule has 0 heterocycles. The molecular formula is C19H22OSi. The van der Waals surface area contributed by atoms with E-state index >= 15 is 0 Å². The second-order valence-corrected chi connectivity index (χ2v) is 10.8. The van der Waals surface area contributed by atoms with Crippen molar-refractivity contribution in [2.45, 2.75) is 26.1 Å². The van der Waals surface area contributed by atoms with E-state index < -0.39 is 8.07 Å². The van der Waals surface area contributed by atoms with Gasteiger partial charge in [-0.3, -0.25) is 4.79 Å². The third-order valence-electron chi connectivity index (χ3n) is 3.52. The van der Waals surface area contributed by atoms with E-state index in [1.807, 2.05) is 18.2 Å². The monoisotopic (exact) mass is 294 g/mol. The number of ketones is 1. The Labute approximate surface area is 128 Å². The normalized spacial score (nSPS) is 11.8. The molecule has 0 N–H and O–H groups in total. The molecule has 0 radical (unpaired) electrons. The van der Waals surface area contributed by atoms with Gasteiger partial charge in [-0.05, 0) is 24.6 Å². The molecule has 0 aromatic heterocycles. The molecule has 0 fully saturated rings. The summed E-state index contributed by atoms with van der Waals surface area (Å²) >= 11 is 0. The zero-order valence-electron chi connectivity index (χ0n) is 13.0.